The highest BCUT2D eigenvalue weighted by molar-refractivity contribution is 7.94. The summed E-state index contributed by atoms with van der Waals surface area (Å²) in [4.78, 5) is 0. The number of nitrogens with one attached hydrogen (secondary N) is 1. The summed E-state index contributed by atoms with van der Waals surface area (Å²) in [6, 6.07) is 7.91. The molecule has 7 heteroatoms. The number of nitrogens with two attached hydrogens (primary N) is 1. The third-order valence-electron chi connectivity index (χ3n) is 2.25. The fraction of sp³-hybridized carbons (Fsp3) is 0.0909. The molecule has 0 aliphatic heterocycles. The highest BCUT2D eigenvalue weighted by atomic mass is 32.2. The fourth-order valence-corrected chi connectivity index (χ4v) is 3.49. The minimum Gasteiger partial charge on any atom is -0.398 e. The lowest BCUT2D eigenvalue weighted by atomic mass is 10.2. The summed E-state index contributed by atoms with van der Waals surface area (Å²) >= 11 is 1.07. The molecular formula is C11H12N2O3S2. The molecule has 0 bridgehead atoms. The van der Waals surface area contributed by atoms with Crippen molar-refractivity contribution in [2.45, 2.75) is 10.8 Å². The maximum atomic E-state index is 12.0. The molecule has 0 spiro atoms. The number of hydrogen-bond donors (Lipinski definition) is 3. The smallest absolute Gasteiger partial charge is 0.271 e. The van der Waals surface area contributed by atoms with E-state index >= 15 is 0 Å². The van der Waals surface area contributed by atoms with E-state index in [1.54, 1.807) is 29.6 Å². The van der Waals surface area contributed by atoms with Gasteiger partial charge in [0.1, 0.15) is 4.21 Å². The Bertz CT molecular complexity index is 633. The zero-order valence-electron chi connectivity index (χ0n) is 9.33. The molecule has 0 saturated heterocycles. The quantitative estimate of drug-likeness (QED) is 0.795. The van der Waals surface area contributed by atoms with Gasteiger partial charge in [0.2, 0.25) is 0 Å². The lowest BCUT2D eigenvalue weighted by Crippen LogP contribution is -2.11. The molecule has 96 valence electrons. The molecule has 0 atom stereocenters. The SMILES string of the molecule is Nc1csc(S(=O)(=O)Nc2ccc(CO)cc2)c1. The average molecular weight is 284 g/mol. The van der Waals surface area contributed by atoms with Gasteiger partial charge in [0.05, 0.1) is 6.61 Å². The van der Waals surface area contributed by atoms with Crippen LogP contribution in [0.25, 0.3) is 0 Å². The molecule has 0 fully saturated rings. The van der Waals surface area contributed by atoms with E-state index in [9.17, 15) is 8.42 Å². The summed E-state index contributed by atoms with van der Waals surface area (Å²) in [5.74, 6) is 0. The van der Waals surface area contributed by atoms with Gasteiger partial charge in [0.15, 0.2) is 0 Å². The molecule has 0 aliphatic rings. The van der Waals surface area contributed by atoms with Crippen LogP contribution in [0.2, 0.25) is 0 Å². The molecule has 2 aromatic rings. The van der Waals surface area contributed by atoms with Crippen molar-refractivity contribution in [3.8, 4) is 0 Å². The van der Waals surface area contributed by atoms with Crippen molar-refractivity contribution < 1.29 is 13.5 Å². The Morgan fingerprint density at radius 3 is 2.44 bits per heavy atom. The first-order chi connectivity index (χ1) is 8.51. The molecule has 4 N–H and O–H groups in total. The number of thiophene rings is 1. The molecular weight excluding hydrogens is 272 g/mol. The molecule has 18 heavy (non-hydrogen) atoms. The average Bonchev–Trinajstić information content (AvgIpc) is 2.77. The van der Waals surface area contributed by atoms with Crippen LogP contribution in [0.3, 0.4) is 0 Å². The zero-order valence-corrected chi connectivity index (χ0v) is 11.0. The van der Waals surface area contributed by atoms with Crippen LogP contribution >= 0.6 is 11.3 Å². The summed E-state index contributed by atoms with van der Waals surface area (Å²) in [5.41, 5.74) is 7.09. The summed E-state index contributed by atoms with van der Waals surface area (Å²) in [5, 5.41) is 10.5. The van der Waals surface area contributed by atoms with Crippen LogP contribution < -0.4 is 10.5 Å². The van der Waals surface area contributed by atoms with Crippen LogP contribution in [0.4, 0.5) is 11.4 Å². The van der Waals surface area contributed by atoms with Gasteiger partial charge in [0.25, 0.3) is 10.0 Å². The number of aliphatic hydroxyl groups is 1. The Balaban J connectivity index is 2.22. The van der Waals surface area contributed by atoms with Crippen molar-refractivity contribution in [1.82, 2.24) is 0 Å². The summed E-state index contributed by atoms with van der Waals surface area (Å²) in [6.07, 6.45) is 0. The van der Waals surface area contributed by atoms with Crippen molar-refractivity contribution in [3.63, 3.8) is 0 Å². The number of rotatable bonds is 4. The maximum Gasteiger partial charge on any atom is 0.271 e. The van der Waals surface area contributed by atoms with Crippen molar-refractivity contribution >= 4 is 32.7 Å². The van der Waals surface area contributed by atoms with E-state index in [-0.39, 0.29) is 10.8 Å². The molecule has 1 aromatic heterocycles. The van der Waals surface area contributed by atoms with Crippen LogP contribution in [0.1, 0.15) is 5.56 Å². The summed E-state index contributed by atoms with van der Waals surface area (Å²) in [6.45, 7) is -0.0749. The number of aliphatic hydroxyl groups excluding tert-OH is 1. The number of hydrogen-bond acceptors (Lipinski definition) is 5. The molecule has 1 aromatic carbocycles. The minimum absolute atomic E-state index is 0.0749. The Kier molecular flexibility index (Phi) is 3.55. The second-order valence-corrected chi connectivity index (χ2v) is 6.48. The number of nitrogen functional groups attached to an aromatic ring is 1. The highest BCUT2D eigenvalue weighted by Gasteiger charge is 2.16. The third-order valence-corrected chi connectivity index (χ3v) is 5.09. The van der Waals surface area contributed by atoms with Crippen LogP contribution in [0, 0.1) is 0 Å². The van der Waals surface area contributed by atoms with Gasteiger partial charge in [0, 0.05) is 16.8 Å². The van der Waals surface area contributed by atoms with E-state index in [0.29, 0.717) is 11.4 Å². The molecule has 0 saturated carbocycles. The van der Waals surface area contributed by atoms with Gasteiger partial charge in [-0.2, -0.15) is 0 Å². The van der Waals surface area contributed by atoms with Gasteiger partial charge in [-0.1, -0.05) is 12.1 Å². The number of sulfonamides is 1. The molecule has 0 amide bonds. The first-order valence-electron chi connectivity index (χ1n) is 5.08. The van der Waals surface area contributed by atoms with Crippen molar-refractivity contribution in [1.29, 1.82) is 0 Å². The predicted molar refractivity (Wildman–Crippen MR) is 71.9 cm³/mol. The van der Waals surface area contributed by atoms with Gasteiger partial charge in [-0.05, 0) is 23.8 Å². The fourth-order valence-electron chi connectivity index (χ4n) is 1.35. The van der Waals surface area contributed by atoms with E-state index in [1.165, 1.54) is 6.07 Å². The van der Waals surface area contributed by atoms with Crippen LogP contribution in [-0.2, 0) is 16.6 Å². The van der Waals surface area contributed by atoms with Gasteiger partial charge >= 0.3 is 0 Å². The lowest BCUT2D eigenvalue weighted by Gasteiger charge is -2.06. The van der Waals surface area contributed by atoms with Crippen molar-refractivity contribution in [3.05, 3.63) is 41.3 Å². The monoisotopic (exact) mass is 284 g/mol. The Morgan fingerprint density at radius 1 is 1.28 bits per heavy atom. The second kappa shape index (κ2) is 4.97. The molecule has 5 nitrogen and oxygen atoms in total. The molecule has 2 rings (SSSR count). The minimum atomic E-state index is -3.59. The first kappa shape index (κ1) is 12.9. The van der Waals surface area contributed by atoms with Gasteiger partial charge in [-0.25, -0.2) is 8.42 Å². The Morgan fingerprint density at radius 2 is 1.94 bits per heavy atom. The van der Waals surface area contributed by atoms with Gasteiger partial charge in [-0.15, -0.1) is 11.3 Å². The molecule has 0 aliphatic carbocycles. The number of benzene rings is 1. The summed E-state index contributed by atoms with van der Waals surface area (Å²) < 4.78 is 26.5. The van der Waals surface area contributed by atoms with Crippen LogP contribution in [0.15, 0.2) is 39.9 Å². The zero-order chi connectivity index (χ0) is 13.2. The molecule has 0 unspecified atom stereocenters. The van der Waals surface area contributed by atoms with E-state index in [0.717, 1.165) is 16.9 Å². The highest BCUT2D eigenvalue weighted by Crippen LogP contribution is 2.24. The topological polar surface area (TPSA) is 92.4 Å². The maximum absolute atomic E-state index is 12.0. The summed E-state index contributed by atoms with van der Waals surface area (Å²) in [7, 11) is -3.59. The van der Waals surface area contributed by atoms with Crippen molar-refractivity contribution in [2.75, 3.05) is 10.5 Å². The van der Waals surface area contributed by atoms with Gasteiger partial charge < -0.3 is 10.8 Å². The van der Waals surface area contributed by atoms with E-state index in [2.05, 4.69) is 4.72 Å². The Labute approximate surface area is 109 Å². The Hall–Kier alpha value is -1.57. The molecule has 0 radical (unpaired) electrons. The first-order valence-corrected chi connectivity index (χ1v) is 7.44. The normalized spacial score (nSPS) is 11.4. The standard InChI is InChI=1S/C11H12N2O3S2/c12-9-5-11(17-7-9)18(15,16)13-10-3-1-8(6-14)2-4-10/h1-5,7,13-14H,6,12H2. The largest absolute Gasteiger partial charge is 0.398 e. The third kappa shape index (κ3) is 2.81. The van der Waals surface area contributed by atoms with Crippen molar-refractivity contribution in [2.24, 2.45) is 0 Å². The van der Waals surface area contributed by atoms with E-state index in [1.807, 2.05) is 0 Å². The van der Waals surface area contributed by atoms with Crippen LogP contribution in [-0.4, -0.2) is 13.5 Å². The predicted octanol–water partition coefficient (Wildman–Crippen LogP) is 1.62. The van der Waals surface area contributed by atoms with E-state index < -0.39 is 10.0 Å². The molecule has 1 heterocycles. The second-order valence-electron chi connectivity index (χ2n) is 3.66. The van der Waals surface area contributed by atoms with Gasteiger partial charge in [-0.3, -0.25) is 4.72 Å². The lowest BCUT2D eigenvalue weighted by molar-refractivity contribution is 0.282. The number of anilines is 2. The van der Waals surface area contributed by atoms with E-state index in [4.69, 9.17) is 10.8 Å². The van der Waals surface area contributed by atoms with Crippen LogP contribution in [0.5, 0.6) is 0 Å².